The standard InChI is InChI=1S/C13H27N3O2/c1-4-18-13(17)5-6-15-9-11-16(12-10-15)8-7-14(2)3/h4-12H2,1-3H3. The molecule has 0 amide bonds. The second-order valence-corrected chi connectivity index (χ2v) is 5.04. The first-order valence-corrected chi connectivity index (χ1v) is 6.87. The van der Waals surface area contributed by atoms with Crippen LogP contribution in [-0.2, 0) is 9.53 Å². The molecule has 0 saturated carbocycles. The van der Waals surface area contributed by atoms with E-state index >= 15 is 0 Å². The molecular formula is C13H27N3O2. The molecule has 1 rings (SSSR count). The van der Waals surface area contributed by atoms with E-state index in [2.05, 4.69) is 28.8 Å². The third kappa shape index (κ3) is 6.33. The molecule has 1 saturated heterocycles. The van der Waals surface area contributed by atoms with Gasteiger partial charge in [-0.2, -0.15) is 0 Å². The fourth-order valence-electron chi connectivity index (χ4n) is 2.06. The molecule has 0 spiro atoms. The van der Waals surface area contributed by atoms with Gasteiger partial charge in [0.2, 0.25) is 0 Å². The van der Waals surface area contributed by atoms with E-state index in [1.807, 2.05) is 6.92 Å². The van der Waals surface area contributed by atoms with Gasteiger partial charge in [-0.25, -0.2) is 0 Å². The molecule has 1 aliphatic heterocycles. The minimum Gasteiger partial charge on any atom is -0.466 e. The van der Waals surface area contributed by atoms with Gasteiger partial charge in [-0.15, -0.1) is 0 Å². The van der Waals surface area contributed by atoms with Gasteiger partial charge in [0, 0.05) is 45.8 Å². The lowest BCUT2D eigenvalue weighted by atomic mass is 10.3. The maximum atomic E-state index is 11.3. The lowest BCUT2D eigenvalue weighted by molar-refractivity contribution is -0.143. The Bertz CT molecular complexity index is 238. The Hall–Kier alpha value is -0.650. The number of hydrogen-bond donors (Lipinski definition) is 0. The maximum Gasteiger partial charge on any atom is 0.307 e. The van der Waals surface area contributed by atoms with Crippen LogP contribution in [-0.4, -0.2) is 87.2 Å². The van der Waals surface area contributed by atoms with E-state index in [1.54, 1.807) is 0 Å². The van der Waals surface area contributed by atoms with Gasteiger partial charge in [-0.05, 0) is 21.0 Å². The third-order valence-electron chi connectivity index (χ3n) is 3.27. The van der Waals surface area contributed by atoms with Gasteiger partial charge in [-0.3, -0.25) is 9.69 Å². The van der Waals surface area contributed by atoms with Gasteiger partial charge in [0.25, 0.3) is 0 Å². The van der Waals surface area contributed by atoms with Crippen LogP contribution in [0.3, 0.4) is 0 Å². The fraction of sp³-hybridized carbons (Fsp3) is 0.923. The average Bonchev–Trinajstić information content (AvgIpc) is 2.35. The predicted octanol–water partition coefficient (Wildman–Crippen LogP) is 0.119. The van der Waals surface area contributed by atoms with Crippen molar-refractivity contribution in [2.24, 2.45) is 0 Å². The summed E-state index contributed by atoms with van der Waals surface area (Å²) in [6.07, 6.45) is 0.519. The maximum absolute atomic E-state index is 11.3. The second-order valence-electron chi connectivity index (χ2n) is 5.04. The zero-order chi connectivity index (χ0) is 13.4. The number of rotatable bonds is 7. The molecule has 0 unspecified atom stereocenters. The molecule has 0 N–H and O–H groups in total. The number of likely N-dealkylation sites (N-methyl/N-ethyl adjacent to an activating group) is 1. The summed E-state index contributed by atoms with van der Waals surface area (Å²) in [4.78, 5) is 18.3. The van der Waals surface area contributed by atoms with Crippen LogP contribution in [0.4, 0.5) is 0 Å². The van der Waals surface area contributed by atoms with Crippen molar-refractivity contribution >= 4 is 5.97 Å². The molecule has 0 aliphatic carbocycles. The van der Waals surface area contributed by atoms with E-state index in [0.29, 0.717) is 13.0 Å². The molecule has 18 heavy (non-hydrogen) atoms. The molecule has 1 fully saturated rings. The summed E-state index contributed by atoms with van der Waals surface area (Å²) in [5.74, 6) is -0.0764. The summed E-state index contributed by atoms with van der Waals surface area (Å²) in [6.45, 7) is 9.76. The SMILES string of the molecule is CCOC(=O)CCN1CCN(CCN(C)C)CC1. The molecule has 5 heteroatoms. The molecular weight excluding hydrogens is 230 g/mol. The van der Waals surface area contributed by atoms with E-state index < -0.39 is 0 Å². The molecule has 1 aliphatic rings. The second kappa shape index (κ2) is 8.45. The number of hydrogen-bond acceptors (Lipinski definition) is 5. The van der Waals surface area contributed by atoms with Crippen LogP contribution in [0, 0.1) is 0 Å². The molecule has 5 nitrogen and oxygen atoms in total. The van der Waals surface area contributed by atoms with Crippen LogP contribution in [0.1, 0.15) is 13.3 Å². The summed E-state index contributed by atoms with van der Waals surface area (Å²) >= 11 is 0. The van der Waals surface area contributed by atoms with E-state index in [4.69, 9.17) is 4.74 Å². The van der Waals surface area contributed by atoms with Crippen molar-refractivity contribution in [3.63, 3.8) is 0 Å². The molecule has 0 atom stereocenters. The summed E-state index contributed by atoms with van der Waals surface area (Å²) in [5.41, 5.74) is 0. The predicted molar refractivity (Wildman–Crippen MR) is 72.7 cm³/mol. The van der Waals surface area contributed by atoms with Crippen molar-refractivity contribution in [1.29, 1.82) is 0 Å². The van der Waals surface area contributed by atoms with Crippen molar-refractivity contribution in [2.75, 3.05) is 66.5 Å². The Balaban J connectivity index is 2.09. The van der Waals surface area contributed by atoms with Gasteiger partial charge in [0.15, 0.2) is 0 Å². The minimum absolute atomic E-state index is 0.0764. The Kier molecular flexibility index (Phi) is 7.23. The molecule has 0 aromatic rings. The van der Waals surface area contributed by atoms with Crippen molar-refractivity contribution < 1.29 is 9.53 Å². The third-order valence-corrected chi connectivity index (χ3v) is 3.27. The van der Waals surface area contributed by atoms with Crippen LogP contribution in [0.15, 0.2) is 0 Å². The monoisotopic (exact) mass is 257 g/mol. The topological polar surface area (TPSA) is 36.0 Å². The Morgan fingerprint density at radius 2 is 1.67 bits per heavy atom. The van der Waals surface area contributed by atoms with Crippen molar-refractivity contribution in [3.05, 3.63) is 0 Å². The summed E-state index contributed by atoms with van der Waals surface area (Å²) < 4.78 is 4.94. The molecule has 0 bridgehead atoms. The van der Waals surface area contributed by atoms with Gasteiger partial charge < -0.3 is 14.5 Å². The minimum atomic E-state index is -0.0764. The number of carbonyl (C=O) groups is 1. The van der Waals surface area contributed by atoms with Gasteiger partial charge in [0.1, 0.15) is 0 Å². The highest BCUT2D eigenvalue weighted by Crippen LogP contribution is 2.03. The number of piperazine rings is 1. The van der Waals surface area contributed by atoms with Gasteiger partial charge >= 0.3 is 5.97 Å². The van der Waals surface area contributed by atoms with E-state index in [0.717, 1.165) is 45.8 Å². The first kappa shape index (κ1) is 15.4. The fourth-order valence-corrected chi connectivity index (χ4v) is 2.06. The summed E-state index contributed by atoms with van der Waals surface area (Å²) in [6, 6.07) is 0. The molecule has 0 aromatic heterocycles. The average molecular weight is 257 g/mol. The molecule has 106 valence electrons. The van der Waals surface area contributed by atoms with Crippen molar-refractivity contribution in [3.8, 4) is 0 Å². The smallest absolute Gasteiger partial charge is 0.307 e. The highest BCUT2D eigenvalue weighted by Gasteiger charge is 2.17. The van der Waals surface area contributed by atoms with Gasteiger partial charge in [0.05, 0.1) is 13.0 Å². The number of esters is 1. The highest BCUT2D eigenvalue weighted by atomic mass is 16.5. The van der Waals surface area contributed by atoms with Crippen molar-refractivity contribution in [2.45, 2.75) is 13.3 Å². The zero-order valence-corrected chi connectivity index (χ0v) is 12.0. The van der Waals surface area contributed by atoms with Crippen LogP contribution < -0.4 is 0 Å². The van der Waals surface area contributed by atoms with Gasteiger partial charge in [-0.1, -0.05) is 0 Å². The molecule has 1 heterocycles. The van der Waals surface area contributed by atoms with E-state index in [9.17, 15) is 4.79 Å². The first-order valence-electron chi connectivity index (χ1n) is 6.87. The molecule has 0 aromatic carbocycles. The van der Waals surface area contributed by atoms with Crippen LogP contribution >= 0.6 is 0 Å². The highest BCUT2D eigenvalue weighted by molar-refractivity contribution is 5.69. The van der Waals surface area contributed by atoms with E-state index in [-0.39, 0.29) is 5.97 Å². The van der Waals surface area contributed by atoms with Crippen LogP contribution in [0.5, 0.6) is 0 Å². The first-order chi connectivity index (χ1) is 8.61. The Morgan fingerprint density at radius 3 is 2.17 bits per heavy atom. The lowest BCUT2D eigenvalue weighted by Crippen LogP contribution is -2.48. The number of carbonyl (C=O) groups excluding carboxylic acids is 1. The molecule has 0 radical (unpaired) electrons. The van der Waals surface area contributed by atoms with Crippen LogP contribution in [0.25, 0.3) is 0 Å². The Labute approximate surface area is 111 Å². The number of ether oxygens (including phenoxy) is 1. The van der Waals surface area contributed by atoms with E-state index in [1.165, 1.54) is 0 Å². The largest absolute Gasteiger partial charge is 0.466 e. The zero-order valence-electron chi connectivity index (χ0n) is 12.0. The quantitative estimate of drug-likeness (QED) is 0.605. The number of nitrogens with zero attached hydrogens (tertiary/aromatic N) is 3. The summed E-state index contributed by atoms with van der Waals surface area (Å²) in [5, 5.41) is 0. The summed E-state index contributed by atoms with van der Waals surface area (Å²) in [7, 11) is 4.21. The lowest BCUT2D eigenvalue weighted by Gasteiger charge is -2.34. The van der Waals surface area contributed by atoms with Crippen molar-refractivity contribution in [1.82, 2.24) is 14.7 Å². The van der Waals surface area contributed by atoms with Crippen LogP contribution in [0.2, 0.25) is 0 Å². The Morgan fingerprint density at radius 1 is 1.11 bits per heavy atom. The normalized spacial score (nSPS) is 18.2.